The number of hydrogen-bond donors (Lipinski definition) is 0. The van der Waals surface area contributed by atoms with Gasteiger partial charge in [0.2, 0.25) is 0 Å². The molecule has 6 nitrogen and oxygen atoms in total. The molecule has 0 aromatic rings. The number of hydrogen-bond acceptors (Lipinski definition) is 6. The first-order chi connectivity index (χ1) is 29.5. The first kappa shape index (κ1) is 58.1. The summed E-state index contributed by atoms with van der Waals surface area (Å²) in [5, 5.41) is 0. The second kappa shape index (κ2) is 49.8. The molecule has 0 aliphatic heterocycles. The van der Waals surface area contributed by atoms with Crippen molar-refractivity contribution in [3.05, 3.63) is 12.2 Å². The Morgan fingerprint density at radius 2 is 0.550 bits per heavy atom. The molecule has 0 rings (SSSR count). The van der Waals surface area contributed by atoms with Crippen LogP contribution in [0.25, 0.3) is 0 Å². The van der Waals surface area contributed by atoms with Gasteiger partial charge in [0, 0.05) is 19.3 Å². The zero-order valence-corrected chi connectivity index (χ0v) is 40.5. The van der Waals surface area contributed by atoms with Crippen LogP contribution in [0.1, 0.15) is 297 Å². The Hall–Kier alpha value is -1.85. The van der Waals surface area contributed by atoms with E-state index in [1.165, 1.54) is 199 Å². The Morgan fingerprint density at radius 3 is 0.833 bits per heavy atom. The summed E-state index contributed by atoms with van der Waals surface area (Å²) in [5.41, 5.74) is 0. The standard InChI is InChI=1S/C54H102O6/c1-4-7-10-13-16-19-21-23-25-26-27-28-29-31-32-35-38-41-44-47-53(56)59-50-51(49-58-52(55)46-43-40-37-34-18-15-12-9-6-3)60-54(57)48-45-42-39-36-33-30-24-22-20-17-14-11-8-5-2/h26-27,51H,4-25,28-50H2,1-3H3/b27-26-. The van der Waals surface area contributed by atoms with Gasteiger partial charge in [0.05, 0.1) is 0 Å². The lowest BCUT2D eigenvalue weighted by atomic mass is 10.0. The number of unbranched alkanes of at least 4 members (excludes halogenated alkanes) is 36. The smallest absolute Gasteiger partial charge is 0.306 e. The minimum atomic E-state index is -0.764. The molecule has 6 heteroatoms. The third-order valence-corrected chi connectivity index (χ3v) is 12.0. The molecule has 0 amide bonds. The van der Waals surface area contributed by atoms with Crippen molar-refractivity contribution in [1.82, 2.24) is 0 Å². The molecule has 0 heterocycles. The molecule has 0 saturated carbocycles. The molecule has 0 fully saturated rings. The lowest BCUT2D eigenvalue weighted by Gasteiger charge is -2.18. The molecule has 354 valence electrons. The summed E-state index contributed by atoms with van der Waals surface area (Å²) in [6.45, 7) is 6.65. The SMILES string of the molecule is CCCCCCCCCC/C=C\CCCCCCCCCC(=O)OCC(COC(=O)CCCCCCCCCCC)OC(=O)CCCCCCCCCCCCCCCC. The van der Waals surface area contributed by atoms with Gasteiger partial charge in [-0.05, 0) is 44.9 Å². The molecule has 0 bridgehead atoms. The van der Waals surface area contributed by atoms with Gasteiger partial charge in [-0.25, -0.2) is 0 Å². The first-order valence-corrected chi connectivity index (χ1v) is 26.7. The maximum absolute atomic E-state index is 12.8. The number of allylic oxidation sites excluding steroid dienone is 2. The molecule has 0 aliphatic rings. The lowest BCUT2D eigenvalue weighted by Crippen LogP contribution is -2.30. The Morgan fingerprint density at radius 1 is 0.317 bits per heavy atom. The van der Waals surface area contributed by atoms with Gasteiger partial charge in [0.15, 0.2) is 6.10 Å². The minimum absolute atomic E-state index is 0.0664. The molecule has 0 saturated heterocycles. The van der Waals surface area contributed by atoms with Crippen LogP contribution in [0, 0.1) is 0 Å². The molecule has 0 N–H and O–H groups in total. The van der Waals surface area contributed by atoms with Crippen LogP contribution in [0.2, 0.25) is 0 Å². The Bertz CT molecular complexity index is 931. The summed E-state index contributed by atoms with van der Waals surface area (Å²) in [6, 6.07) is 0. The van der Waals surface area contributed by atoms with E-state index >= 15 is 0 Å². The van der Waals surface area contributed by atoms with Crippen molar-refractivity contribution in [3.8, 4) is 0 Å². The van der Waals surface area contributed by atoms with Crippen LogP contribution >= 0.6 is 0 Å². The van der Waals surface area contributed by atoms with Crippen LogP contribution in [0.3, 0.4) is 0 Å². The summed E-state index contributed by atoms with van der Waals surface area (Å²) in [7, 11) is 0. The van der Waals surface area contributed by atoms with Crippen LogP contribution in [0.5, 0.6) is 0 Å². The number of esters is 3. The van der Waals surface area contributed by atoms with E-state index in [0.29, 0.717) is 19.3 Å². The molecule has 0 radical (unpaired) electrons. The third kappa shape index (κ3) is 47.2. The van der Waals surface area contributed by atoms with Crippen LogP contribution in [0.15, 0.2) is 12.2 Å². The third-order valence-electron chi connectivity index (χ3n) is 12.0. The van der Waals surface area contributed by atoms with Crippen molar-refractivity contribution in [2.24, 2.45) is 0 Å². The van der Waals surface area contributed by atoms with E-state index < -0.39 is 6.10 Å². The lowest BCUT2D eigenvalue weighted by molar-refractivity contribution is -0.167. The van der Waals surface area contributed by atoms with E-state index in [4.69, 9.17) is 14.2 Å². The van der Waals surface area contributed by atoms with E-state index in [1.54, 1.807) is 0 Å². The predicted octanol–water partition coefficient (Wildman–Crippen LogP) is 17.4. The van der Waals surface area contributed by atoms with Gasteiger partial charge in [-0.15, -0.1) is 0 Å². The molecule has 0 aliphatic carbocycles. The quantitative estimate of drug-likeness (QED) is 0.0263. The molecule has 60 heavy (non-hydrogen) atoms. The van der Waals surface area contributed by atoms with Gasteiger partial charge in [-0.1, -0.05) is 245 Å². The van der Waals surface area contributed by atoms with Crippen molar-refractivity contribution >= 4 is 17.9 Å². The fraction of sp³-hybridized carbons (Fsp3) is 0.907. The van der Waals surface area contributed by atoms with Gasteiger partial charge in [-0.2, -0.15) is 0 Å². The van der Waals surface area contributed by atoms with E-state index in [0.717, 1.165) is 57.8 Å². The molecule has 0 aromatic heterocycles. The van der Waals surface area contributed by atoms with Crippen LogP contribution in [0.4, 0.5) is 0 Å². The molecule has 0 aromatic carbocycles. The van der Waals surface area contributed by atoms with Gasteiger partial charge >= 0.3 is 17.9 Å². The molecule has 0 spiro atoms. The molecular formula is C54H102O6. The zero-order valence-electron chi connectivity index (χ0n) is 40.5. The molecule has 1 atom stereocenters. The van der Waals surface area contributed by atoms with Crippen LogP contribution < -0.4 is 0 Å². The Labute approximate surface area is 373 Å². The van der Waals surface area contributed by atoms with Crippen molar-refractivity contribution in [2.45, 2.75) is 303 Å². The van der Waals surface area contributed by atoms with Gasteiger partial charge < -0.3 is 14.2 Å². The average Bonchev–Trinajstić information content (AvgIpc) is 3.24. The summed E-state index contributed by atoms with van der Waals surface area (Å²) in [4.78, 5) is 37.9. The normalized spacial score (nSPS) is 12.0. The summed E-state index contributed by atoms with van der Waals surface area (Å²) in [6.07, 6.45) is 54.9. The topological polar surface area (TPSA) is 78.9 Å². The second-order valence-electron chi connectivity index (χ2n) is 18.2. The van der Waals surface area contributed by atoms with Gasteiger partial charge in [0.25, 0.3) is 0 Å². The highest BCUT2D eigenvalue weighted by molar-refractivity contribution is 5.71. The van der Waals surface area contributed by atoms with E-state index in [1.807, 2.05) is 0 Å². The summed E-state index contributed by atoms with van der Waals surface area (Å²) >= 11 is 0. The fourth-order valence-corrected chi connectivity index (χ4v) is 7.97. The zero-order chi connectivity index (χ0) is 43.7. The maximum Gasteiger partial charge on any atom is 0.306 e. The average molecular weight is 847 g/mol. The van der Waals surface area contributed by atoms with Crippen molar-refractivity contribution in [2.75, 3.05) is 13.2 Å². The minimum Gasteiger partial charge on any atom is -0.462 e. The maximum atomic E-state index is 12.8. The number of carbonyl (C=O) groups excluding carboxylic acids is 3. The fourth-order valence-electron chi connectivity index (χ4n) is 7.97. The number of rotatable bonds is 49. The van der Waals surface area contributed by atoms with Gasteiger partial charge in [-0.3, -0.25) is 14.4 Å². The van der Waals surface area contributed by atoms with E-state index in [9.17, 15) is 14.4 Å². The highest BCUT2D eigenvalue weighted by atomic mass is 16.6. The van der Waals surface area contributed by atoms with E-state index in [2.05, 4.69) is 32.9 Å². The Balaban J connectivity index is 4.25. The Kier molecular flexibility index (Phi) is 48.3. The van der Waals surface area contributed by atoms with Crippen molar-refractivity contribution in [3.63, 3.8) is 0 Å². The van der Waals surface area contributed by atoms with Crippen LogP contribution in [-0.4, -0.2) is 37.2 Å². The highest BCUT2D eigenvalue weighted by Gasteiger charge is 2.19. The number of carbonyl (C=O) groups is 3. The number of ether oxygens (including phenoxy) is 3. The monoisotopic (exact) mass is 847 g/mol. The predicted molar refractivity (Wildman–Crippen MR) is 256 cm³/mol. The molecular weight excluding hydrogens is 745 g/mol. The first-order valence-electron chi connectivity index (χ1n) is 26.7. The van der Waals surface area contributed by atoms with Gasteiger partial charge in [0.1, 0.15) is 13.2 Å². The second-order valence-corrected chi connectivity index (χ2v) is 18.2. The van der Waals surface area contributed by atoms with Crippen molar-refractivity contribution in [1.29, 1.82) is 0 Å². The summed E-state index contributed by atoms with van der Waals surface area (Å²) in [5.74, 6) is -0.856. The largest absolute Gasteiger partial charge is 0.462 e. The van der Waals surface area contributed by atoms with Crippen LogP contribution in [-0.2, 0) is 28.6 Å². The van der Waals surface area contributed by atoms with Crippen molar-refractivity contribution < 1.29 is 28.6 Å². The van der Waals surface area contributed by atoms with E-state index in [-0.39, 0.29) is 31.1 Å². The highest BCUT2D eigenvalue weighted by Crippen LogP contribution is 2.16. The molecule has 1 unspecified atom stereocenters. The summed E-state index contributed by atoms with van der Waals surface area (Å²) < 4.78 is 16.8.